The molecule has 2 aromatic carbocycles. The third kappa shape index (κ3) is 4.93. The van der Waals surface area contributed by atoms with Crippen LogP contribution >= 0.6 is 15.9 Å². The normalized spacial score (nSPS) is 21.6. The fourth-order valence-electron chi connectivity index (χ4n) is 3.65. The number of hydrogen-bond donors (Lipinski definition) is 1. The molecule has 0 aromatic heterocycles. The van der Waals surface area contributed by atoms with E-state index in [1.807, 2.05) is 48.6 Å². The van der Waals surface area contributed by atoms with Crippen molar-refractivity contribution >= 4 is 15.9 Å². The second-order valence-corrected chi connectivity index (χ2v) is 8.30. The minimum absolute atomic E-state index is 0.128. The van der Waals surface area contributed by atoms with E-state index in [0.717, 1.165) is 47.3 Å². The van der Waals surface area contributed by atoms with Crippen molar-refractivity contribution in [1.29, 1.82) is 0 Å². The summed E-state index contributed by atoms with van der Waals surface area (Å²) in [6.07, 6.45) is 7.82. The third-order valence-corrected chi connectivity index (χ3v) is 5.92. The standard InChI is InChI=1S/C24H28BrNO2/c1-3-16-26(2)17-4-5-18-28-22-12-6-19(7-13-22)23-14-15-24(23,27)20-8-10-21(25)11-9-20/h3-13,23,27H,1,14-18H2,2H3/b5-4+. The maximum atomic E-state index is 11.2. The van der Waals surface area contributed by atoms with Crippen LogP contribution in [0.2, 0.25) is 0 Å². The Labute approximate surface area is 176 Å². The molecule has 28 heavy (non-hydrogen) atoms. The maximum Gasteiger partial charge on any atom is 0.119 e. The zero-order chi connectivity index (χ0) is 20.0. The highest BCUT2D eigenvalue weighted by molar-refractivity contribution is 9.10. The van der Waals surface area contributed by atoms with Crippen LogP contribution < -0.4 is 4.74 Å². The molecule has 0 spiro atoms. The van der Waals surface area contributed by atoms with Gasteiger partial charge in [-0.1, -0.05) is 58.4 Å². The van der Waals surface area contributed by atoms with Crippen molar-refractivity contribution in [3.8, 4) is 5.75 Å². The molecule has 1 fully saturated rings. The second-order valence-electron chi connectivity index (χ2n) is 7.38. The van der Waals surface area contributed by atoms with Gasteiger partial charge in [-0.05, 0) is 55.3 Å². The Morgan fingerprint density at radius 1 is 1.14 bits per heavy atom. The lowest BCUT2D eigenvalue weighted by Gasteiger charge is -2.46. The van der Waals surface area contributed by atoms with E-state index in [2.05, 4.69) is 52.7 Å². The van der Waals surface area contributed by atoms with Gasteiger partial charge in [0, 0.05) is 23.5 Å². The Morgan fingerprint density at radius 3 is 2.46 bits per heavy atom. The minimum atomic E-state index is -0.775. The van der Waals surface area contributed by atoms with Crippen LogP contribution in [-0.4, -0.2) is 36.8 Å². The Hall–Kier alpha value is -1.88. The SMILES string of the molecule is C=CCN(C)C/C=C/COc1ccc(C2CCC2(O)c2ccc(Br)cc2)cc1. The minimum Gasteiger partial charge on any atom is -0.490 e. The highest BCUT2D eigenvalue weighted by atomic mass is 79.9. The van der Waals surface area contributed by atoms with Gasteiger partial charge in [0.1, 0.15) is 12.4 Å². The number of nitrogens with zero attached hydrogens (tertiary/aromatic N) is 1. The summed E-state index contributed by atoms with van der Waals surface area (Å²) in [5, 5.41) is 11.2. The van der Waals surface area contributed by atoms with Crippen LogP contribution in [0.4, 0.5) is 0 Å². The van der Waals surface area contributed by atoms with Gasteiger partial charge >= 0.3 is 0 Å². The van der Waals surface area contributed by atoms with Gasteiger partial charge in [-0.15, -0.1) is 6.58 Å². The number of hydrogen-bond acceptors (Lipinski definition) is 3. The van der Waals surface area contributed by atoms with Gasteiger partial charge in [0.2, 0.25) is 0 Å². The topological polar surface area (TPSA) is 32.7 Å². The summed E-state index contributed by atoms with van der Waals surface area (Å²) in [5.74, 6) is 0.974. The van der Waals surface area contributed by atoms with Gasteiger partial charge in [0.25, 0.3) is 0 Å². The van der Waals surface area contributed by atoms with Crippen LogP contribution in [0.15, 0.2) is 77.8 Å². The number of rotatable bonds is 9. The largest absolute Gasteiger partial charge is 0.490 e. The number of benzene rings is 2. The molecular formula is C24H28BrNO2. The van der Waals surface area contributed by atoms with Gasteiger partial charge in [0.15, 0.2) is 0 Å². The fraction of sp³-hybridized carbons (Fsp3) is 0.333. The van der Waals surface area contributed by atoms with Gasteiger partial charge in [0.05, 0.1) is 5.60 Å². The van der Waals surface area contributed by atoms with Crippen molar-refractivity contribution in [2.24, 2.45) is 0 Å². The van der Waals surface area contributed by atoms with E-state index in [-0.39, 0.29) is 5.92 Å². The molecule has 2 aromatic rings. The molecule has 3 rings (SSSR count). The van der Waals surface area contributed by atoms with Crippen LogP contribution in [-0.2, 0) is 5.60 Å². The van der Waals surface area contributed by atoms with Crippen molar-refractivity contribution < 1.29 is 9.84 Å². The highest BCUT2D eigenvalue weighted by Gasteiger charge is 2.47. The van der Waals surface area contributed by atoms with E-state index in [1.165, 1.54) is 0 Å². The van der Waals surface area contributed by atoms with Crippen molar-refractivity contribution in [3.63, 3.8) is 0 Å². The van der Waals surface area contributed by atoms with Crippen molar-refractivity contribution in [1.82, 2.24) is 4.90 Å². The molecule has 0 bridgehead atoms. The summed E-state index contributed by atoms with van der Waals surface area (Å²) in [7, 11) is 2.06. The van der Waals surface area contributed by atoms with Crippen molar-refractivity contribution in [3.05, 3.63) is 88.9 Å². The molecule has 1 N–H and O–H groups in total. The molecule has 0 amide bonds. The first kappa shape index (κ1) is 20.8. The lowest BCUT2D eigenvalue weighted by atomic mass is 9.63. The number of aliphatic hydroxyl groups is 1. The van der Waals surface area contributed by atoms with Crippen molar-refractivity contribution in [2.45, 2.75) is 24.4 Å². The van der Waals surface area contributed by atoms with Crippen molar-refractivity contribution in [2.75, 3.05) is 26.7 Å². The molecule has 4 heteroatoms. The van der Waals surface area contributed by atoms with Gasteiger partial charge < -0.3 is 9.84 Å². The van der Waals surface area contributed by atoms with Crippen LogP contribution in [0.1, 0.15) is 29.9 Å². The fourth-order valence-corrected chi connectivity index (χ4v) is 3.91. The smallest absolute Gasteiger partial charge is 0.119 e. The molecule has 1 saturated carbocycles. The zero-order valence-electron chi connectivity index (χ0n) is 16.4. The average Bonchev–Trinajstić information content (AvgIpc) is 2.68. The Morgan fingerprint density at radius 2 is 1.86 bits per heavy atom. The monoisotopic (exact) mass is 441 g/mol. The molecule has 1 aliphatic carbocycles. The first-order chi connectivity index (χ1) is 13.5. The summed E-state index contributed by atoms with van der Waals surface area (Å²) < 4.78 is 6.82. The first-order valence-corrected chi connectivity index (χ1v) is 10.5. The number of halogens is 1. The summed E-state index contributed by atoms with van der Waals surface area (Å²) in [4.78, 5) is 2.17. The molecule has 0 saturated heterocycles. The Balaban J connectivity index is 1.55. The zero-order valence-corrected chi connectivity index (χ0v) is 17.9. The molecule has 2 atom stereocenters. The predicted molar refractivity (Wildman–Crippen MR) is 119 cm³/mol. The summed E-state index contributed by atoms with van der Waals surface area (Å²) in [6.45, 7) is 6.04. The average molecular weight is 442 g/mol. The molecule has 0 heterocycles. The molecule has 3 nitrogen and oxygen atoms in total. The summed E-state index contributed by atoms with van der Waals surface area (Å²) >= 11 is 3.46. The molecular weight excluding hydrogens is 414 g/mol. The lowest BCUT2D eigenvalue weighted by Crippen LogP contribution is -2.42. The van der Waals surface area contributed by atoms with Crippen LogP contribution in [0.5, 0.6) is 5.75 Å². The van der Waals surface area contributed by atoms with E-state index < -0.39 is 5.60 Å². The van der Waals surface area contributed by atoms with E-state index in [9.17, 15) is 5.11 Å². The Kier molecular flexibility index (Phi) is 7.11. The van der Waals surface area contributed by atoms with Crippen LogP contribution in [0.25, 0.3) is 0 Å². The molecule has 2 unspecified atom stereocenters. The number of likely N-dealkylation sites (N-methyl/N-ethyl adjacent to an activating group) is 1. The van der Waals surface area contributed by atoms with E-state index in [4.69, 9.17) is 4.74 Å². The van der Waals surface area contributed by atoms with Gasteiger partial charge in [-0.2, -0.15) is 0 Å². The highest BCUT2D eigenvalue weighted by Crippen LogP contribution is 2.52. The molecule has 0 radical (unpaired) electrons. The predicted octanol–water partition coefficient (Wildman–Crippen LogP) is 5.27. The van der Waals surface area contributed by atoms with Gasteiger partial charge in [-0.3, -0.25) is 4.90 Å². The molecule has 148 valence electrons. The van der Waals surface area contributed by atoms with Crippen LogP contribution in [0, 0.1) is 0 Å². The quantitative estimate of drug-likeness (QED) is 0.538. The van der Waals surface area contributed by atoms with Gasteiger partial charge in [-0.25, -0.2) is 0 Å². The summed E-state index contributed by atoms with van der Waals surface area (Å²) in [6, 6.07) is 16.1. The number of ether oxygens (including phenoxy) is 1. The molecule has 0 aliphatic heterocycles. The summed E-state index contributed by atoms with van der Waals surface area (Å²) in [5.41, 5.74) is 1.37. The second kappa shape index (κ2) is 9.55. The van der Waals surface area contributed by atoms with E-state index >= 15 is 0 Å². The third-order valence-electron chi connectivity index (χ3n) is 5.39. The first-order valence-electron chi connectivity index (χ1n) is 9.68. The van der Waals surface area contributed by atoms with E-state index in [0.29, 0.717) is 6.61 Å². The van der Waals surface area contributed by atoms with E-state index in [1.54, 1.807) is 0 Å². The molecule has 1 aliphatic rings. The maximum absolute atomic E-state index is 11.2. The van der Waals surface area contributed by atoms with Crippen LogP contribution in [0.3, 0.4) is 0 Å². The lowest BCUT2D eigenvalue weighted by molar-refractivity contribution is -0.0645. The Bertz CT molecular complexity index is 800.